The van der Waals surface area contributed by atoms with Crippen molar-refractivity contribution in [3.63, 3.8) is 0 Å². The maximum absolute atomic E-state index is 12.1. The molecule has 0 aromatic carbocycles. The Morgan fingerprint density at radius 1 is 1.28 bits per heavy atom. The first-order valence-electron chi connectivity index (χ1n) is 7.22. The van der Waals surface area contributed by atoms with Crippen molar-refractivity contribution in [1.29, 1.82) is 0 Å². The monoisotopic (exact) mass is 255 g/mol. The zero-order valence-corrected chi connectivity index (χ0v) is 11.5. The van der Waals surface area contributed by atoms with Crippen molar-refractivity contribution in [2.24, 2.45) is 11.8 Å². The molecule has 2 atom stereocenters. The van der Waals surface area contributed by atoms with E-state index in [9.17, 15) is 4.79 Å². The van der Waals surface area contributed by atoms with Crippen LogP contribution < -0.4 is 5.32 Å². The third-order valence-electron chi connectivity index (χ3n) is 4.10. The van der Waals surface area contributed by atoms with E-state index in [0.717, 1.165) is 25.3 Å². The van der Waals surface area contributed by atoms with Crippen molar-refractivity contribution in [3.05, 3.63) is 0 Å². The zero-order chi connectivity index (χ0) is 13.0. The van der Waals surface area contributed by atoms with Crippen molar-refractivity contribution >= 4 is 5.97 Å². The Labute approximate surface area is 109 Å². The average Bonchev–Trinajstić information content (AvgIpc) is 2.81. The third-order valence-corrected chi connectivity index (χ3v) is 4.10. The molecule has 2 aliphatic rings. The minimum absolute atomic E-state index is 0.0713. The van der Waals surface area contributed by atoms with Crippen LogP contribution in [0.5, 0.6) is 0 Å². The smallest absolute Gasteiger partial charge is 0.313 e. The molecule has 104 valence electrons. The van der Waals surface area contributed by atoms with Gasteiger partial charge in [-0.05, 0) is 38.1 Å². The first kappa shape index (κ1) is 13.8. The molecule has 1 N–H and O–H groups in total. The van der Waals surface area contributed by atoms with Crippen LogP contribution in [0.1, 0.15) is 39.5 Å². The summed E-state index contributed by atoms with van der Waals surface area (Å²) in [5.74, 6) is 0.589. The number of nitrogens with one attached hydrogen (secondary N) is 1. The number of likely N-dealkylation sites (N-methyl/N-ethyl adjacent to an activating group) is 1. The molecule has 0 spiro atoms. The molecule has 1 saturated heterocycles. The molecule has 0 radical (unpaired) electrons. The SMILES string of the molecule is CCNC1COCC1C(=O)OC1CCC(C)CC1. The number of esters is 1. The minimum Gasteiger partial charge on any atom is -0.462 e. The van der Waals surface area contributed by atoms with E-state index in [4.69, 9.17) is 9.47 Å². The second-order valence-electron chi connectivity index (χ2n) is 5.63. The van der Waals surface area contributed by atoms with Crippen LogP contribution in [0.3, 0.4) is 0 Å². The van der Waals surface area contributed by atoms with Gasteiger partial charge >= 0.3 is 5.97 Å². The van der Waals surface area contributed by atoms with Gasteiger partial charge in [0, 0.05) is 6.04 Å². The predicted molar refractivity (Wildman–Crippen MR) is 69.3 cm³/mol. The molecule has 4 nitrogen and oxygen atoms in total. The lowest BCUT2D eigenvalue weighted by Crippen LogP contribution is -2.41. The van der Waals surface area contributed by atoms with Gasteiger partial charge in [0.15, 0.2) is 0 Å². The van der Waals surface area contributed by atoms with E-state index in [1.54, 1.807) is 0 Å². The summed E-state index contributed by atoms with van der Waals surface area (Å²) >= 11 is 0. The molecule has 2 unspecified atom stereocenters. The van der Waals surface area contributed by atoms with E-state index in [2.05, 4.69) is 12.2 Å². The highest BCUT2D eigenvalue weighted by molar-refractivity contribution is 5.74. The fourth-order valence-electron chi connectivity index (χ4n) is 2.85. The van der Waals surface area contributed by atoms with Gasteiger partial charge in [0.05, 0.1) is 19.1 Å². The summed E-state index contributed by atoms with van der Waals surface area (Å²) in [6, 6.07) is 0.130. The summed E-state index contributed by atoms with van der Waals surface area (Å²) in [6.07, 6.45) is 4.53. The summed E-state index contributed by atoms with van der Waals surface area (Å²) in [4.78, 5) is 12.1. The van der Waals surface area contributed by atoms with Gasteiger partial charge in [-0.15, -0.1) is 0 Å². The lowest BCUT2D eigenvalue weighted by molar-refractivity contribution is -0.156. The number of carbonyl (C=O) groups is 1. The lowest BCUT2D eigenvalue weighted by atomic mass is 9.89. The number of ether oxygens (including phenoxy) is 2. The predicted octanol–water partition coefficient (Wildman–Crippen LogP) is 1.73. The van der Waals surface area contributed by atoms with Gasteiger partial charge in [0.1, 0.15) is 6.10 Å². The molecule has 2 rings (SSSR count). The highest BCUT2D eigenvalue weighted by Gasteiger charge is 2.36. The second kappa shape index (κ2) is 6.53. The van der Waals surface area contributed by atoms with Crippen LogP contribution in [0.15, 0.2) is 0 Å². The fourth-order valence-corrected chi connectivity index (χ4v) is 2.85. The molecule has 1 aliphatic carbocycles. The highest BCUT2D eigenvalue weighted by Crippen LogP contribution is 2.27. The third kappa shape index (κ3) is 3.45. The first-order chi connectivity index (χ1) is 8.70. The zero-order valence-electron chi connectivity index (χ0n) is 11.5. The van der Waals surface area contributed by atoms with Crippen molar-refractivity contribution < 1.29 is 14.3 Å². The van der Waals surface area contributed by atoms with Gasteiger partial charge in [0.25, 0.3) is 0 Å². The van der Waals surface area contributed by atoms with Crippen LogP contribution in [0.25, 0.3) is 0 Å². The number of hydrogen-bond acceptors (Lipinski definition) is 4. The molecular weight excluding hydrogens is 230 g/mol. The molecule has 0 amide bonds. The van der Waals surface area contributed by atoms with Crippen LogP contribution in [0, 0.1) is 11.8 Å². The molecule has 2 fully saturated rings. The van der Waals surface area contributed by atoms with E-state index in [1.807, 2.05) is 6.92 Å². The largest absolute Gasteiger partial charge is 0.462 e. The summed E-state index contributed by atoms with van der Waals surface area (Å²) in [5.41, 5.74) is 0. The van der Waals surface area contributed by atoms with Crippen LogP contribution in [-0.4, -0.2) is 37.9 Å². The Hall–Kier alpha value is -0.610. The van der Waals surface area contributed by atoms with Crippen LogP contribution in [-0.2, 0) is 14.3 Å². The molecule has 4 heteroatoms. The molecular formula is C14H25NO3. The van der Waals surface area contributed by atoms with Crippen LogP contribution in [0.4, 0.5) is 0 Å². The van der Waals surface area contributed by atoms with Crippen molar-refractivity contribution in [3.8, 4) is 0 Å². The quantitative estimate of drug-likeness (QED) is 0.777. The maximum Gasteiger partial charge on any atom is 0.313 e. The van der Waals surface area contributed by atoms with E-state index in [-0.39, 0.29) is 24.0 Å². The summed E-state index contributed by atoms with van der Waals surface area (Å²) in [5, 5.41) is 3.29. The van der Waals surface area contributed by atoms with Gasteiger partial charge in [0.2, 0.25) is 0 Å². The van der Waals surface area contributed by atoms with Gasteiger partial charge in [-0.3, -0.25) is 4.79 Å². The first-order valence-corrected chi connectivity index (χ1v) is 7.22. The molecule has 1 heterocycles. The molecule has 1 aliphatic heterocycles. The van der Waals surface area contributed by atoms with Crippen LogP contribution in [0.2, 0.25) is 0 Å². The summed E-state index contributed by atoms with van der Waals surface area (Å²) < 4.78 is 11.0. The van der Waals surface area contributed by atoms with E-state index in [1.165, 1.54) is 12.8 Å². The summed E-state index contributed by atoms with van der Waals surface area (Å²) in [6.45, 7) is 6.29. The summed E-state index contributed by atoms with van der Waals surface area (Å²) in [7, 11) is 0. The Morgan fingerprint density at radius 3 is 2.67 bits per heavy atom. The fraction of sp³-hybridized carbons (Fsp3) is 0.929. The molecule has 0 aromatic heterocycles. The highest BCUT2D eigenvalue weighted by atomic mass is 16.5. The maximum atomic E-state index is 12.1. The van der Waals surface area contributed by atoms with Gasteiger partial charge < -0.3 is 14.8 Å². The van der Waals surface area contributed by atoms with Gasteiger partial charge in [-0.2, -0.15) is 0 Å². The molecule has 18 heavy (non-hydrogen) atoms. The van der Waals surface area contributed by atoms with Crippen molar-refractivity contribution in [2.75, 3.05) is 19.8 Å². The van der Waals surface area contributed by atoms with E-state index in [0.29, 0.717) is 13.2 Å². The normalized spacial score (nSPS) is 36.6. The second-order valence-corrected chi connectivity index (χ2v) is 5.63. The number of rotatable bonds is 4. The average molecular weight is 255 g/mol. The van der Waals surface area contributed by atoms with E-state index >= 15 is 0 Å². The molecule has 1 saturated carbocycles. The standard InChI is InChI=1S/C14H25NO3/c1-3-15-13-9-17-8-12(13)14(16)18-11-6-4-10(2)5-7-11/h10-13,15H,3-9H2,1-2H3. The van der Waals surface area contributed by atoms with E-state index < -0.39 is 0 Å². The lowest BCUT2D eigenvalue weighted by Gasteiger charge is -2.27. The topological polar surface area (TPSA) is 47.6 Å². The van der Waals surface area contributed by atoms with Crippen molar-refractivity contribution in [2.45, 2.75) is 51.7 Å². The Balaban J connectivity index is 1.80. The Bertz CT molecular complexity index is 274. The Morgan fingerprint density at radius 2 is 2.00 bits per heavy atom. The molecule has 0 aromatic rings. The number of hydrogen-bond donors (Lipinski definition) is 1. The van der Waals surface area contributed by atoms with Crippen LogP contribution >= 0.6 is 0 Å². The van der Waals surface area contributed by atoms with Crippen molar-refractivity contribution in [1.82, 2.24) is 5.32 Å². The van der Waals surface area contributed by atoms with Gasteiger partial charge in [-0.25, -0.2) is 0 Å². The van der Waals surface area contributed by atoms with Gasteiger partial charge in [-0.1, -0.05) is 13.8 Å². The minimum atomic E-state index is -0.121. The number of carbonyl (C=O) groups excluding carboxylic acids is 1. The molecule has 0 bridgehead atoms. The Kier molecular flexibility index (Phi) is 5.01.